The lowest BCUT2D eigenvalue weighted by molar-refractivity contribution is 0.0695. The third-order valence-electron chi connectivity index (χ3n) is 4.74. The minimum Gasteiger partial charge on any atom is -0.501 e. The summed E-state index contributed by atoms with van der Waals surface area (Å²) in [5.74, 6) is 4.71. The van der Waals surface area contributed by atoms with Crippen LogP contribution in [0, 0.1) is 23.7 Å². The van der Waals surface area contributed by atoms with Gasteiger partial charge >= 0.3 is 0 Å². The maximum absolute atomic E-state index is 5.89. The maximum Gasteiger partial charge on any atom is 0.0991 e. The van der Waals surface area contributed by atoms with E-state index in [0.29, 0.717) is 23.7 Å². The lowest BCUT2D eigenvalue weighted by atomic mass is 9.84. The molecular weight excluding hydrogens is 232 g/mol. The summed E-state index contributed by atoms with van der Waals surface area (Å²) in [5.41, 5.74) is 0.0780. The van der Waals surface area contributed by atoms with Gasteiger partial charge in [0.2, 0.25) is 0 Å². The van der Waals surface area contributed by atoms with Crippen LogP contribution in [-0.2, 0) is 9.47 Å². The maximum atomic E-state index is 5.89. The fourth-order valence-corrected chi connectivity index (χ4v) is 4.89. The molecule has 0 amide bonds. The van der Waals surface area contributed by atoms with E-state index < -0.39 is 0 Å². The molecule has 5 atom stereocenters. The van der Waals surface area contributed by atoms with Crippen molar-refractivity contribution in [3.8, 4) is 0 Å². The van der Waals surface area contributed by atoms with Crippen molar-refractivity contribution in [2.75, 3.05) is 26.2 Å². The number of hydrogen-bond donors (Lipinski definition) is 0. The van der Waals surface area contributed by atoms with Gasteiger partial charge in [-0.25, -0.2) is 0 Å². The summed E-state index contributed by atoms with van der Waals surface area (Å²) < 4.78 is 11.5. The average Bonchev–Trinajstić information content (AvgIpc) is 2.75. The van der Waals surface area contributed by atoms with Gasteiger partial charge in [0.05, 0.1) is 18.5 Å². The lowest BCUT2D eigenvalue weighted by Crippen LogP contribution is -2.24. The quantitative estimate of drug-likeness (QED) is 0.717. The van der Waals surface area contributed by atoms with Crippen LogP contribution in [0.25, 0.3) is 0 Å². The number of rotatable bonds is 4. The van der Waals surface area contributed by atoms with Crippen LogP contribution in [-0.4, -0.2) is 31.8 Å². The zero-order chi connectivity index (χ0) is 12.0. The van der Waals surface area contributed by atoms with Crippen LogP contribution in [0.15, 0.2) is 24.0 Å². The Morgan fingerprint density at radius 2 is 2.29 bits per heavy atom. The molecule has 1 fully saturated rings. The highest BCUT2D eigenvalue weighted by atomic mass is 32.2. The molecule has 0 aromatic rings. The molecule has 1 saturated carbocycles. The number of ether oxygens (including phenoxy) is 2. The summed E-state index contributed by atoms with van der Waals surface area (Å²) in [4.78, 5) is 0. The molecule has 3 aliphatic carbocycles. The molecule has 3 rings (SSSR count). The first-order valence-corrected chi connectivity index (χ1v) is 7.64. The minimum atomic E-state index is 0.0780. The van der Waals surface area contributed by atoms with Gasteiger partial charge in [-0.3, -0.25) is 0 Å². The molecule has 2 nitrogen and oxygen atoms in total. The van der Waals surface area contributed by atoms with Crippen molar-refractivity contribution in [1.29, 1.82) is 0 Å². The Balaban J connectivity index is 1.91. The molecule has 0 aliphatic heterocycles. The summed E-state index contributed by atoms with van der Waals surface area (Å²) in [6.07, 6.45) is 10.3. The zero-order valence-electron chi connectivity index (χ0n) is 10.7. The summed E-state index contributed by atoms with van der Waals surface area (Å²) in [6, 6.07) is 0. The molecule has 17 heavy (non-hydrogen) atoms. The third-order valence-corrected chi connectivity index (χ3v) is 5.48. The molecule has 0 heterocycles. The van der Waals surface area contributed by atoms with Crippen LogP contribution in [0.4, 0.5) is 0 Å². The molecule has 0 aromatic heterocycles. The lowest BCUT2D eigenvalue weighted by Gasteiger charge is -2.25. The monoisotopic (exact) mass is 252 g/mol. The zero-order valence-corrected chi connectivity index (χ0v) is 11.5. The van der Waals surface area contributed by atoms with Gasteiger partial charge in [-0.05, 0) is 24.7 Å². The van der Waals surface area contributed by atoms with Gasteiger partial charge in [-0.2, -0.15) is 11.8 Å². The van der Waals surface area contributed by atoms with Gasteiger partial charge < -0.3 is 9.47 Å². The summed E-state index contributed by atoms with van der Waals surface area (Å²) in [6.45, 7) is 0. The highest BCUT2D eigenvalue weighted by Crippen LogP contribution is 2.65. The molecule has 0 spiro atoms. The molecule has 0 aromatic carbocycles. The van der Waals surface area contributed by atoms with Crippen LogP contribution in [0.1, 0.15) is 6.42 Å². The SMILES string of the molecule is COC1=C[C@@H]2[C@H]([C@@H]3CC=C[C@H]13)[C@]2(CSC)OC. The van der Waals surface area contributed by atoms with Crippen LogP contribution >= 0.6 is 11.8 Å². The largest absolute Gasteiger partial charge is 0.501 e. The van der Waals surface area contributed by atoms with Gasteiger partial charge in [0.25, 0.3) is 0 Å². The van der Waals surface area contributed by atoms with E-state index in [2.05, 4.69) is 24.5 Å². The van der Waals surface area contributed by atoms with Gasteiger partial charge in [0.15, 0.2) is 0 Å². The number of thioether (sulfide) groups is 1. The normalized spacial score (nSPS) is 46.2. The highest BCUT2D eigenvalue weighted by molar-refractivity contribution is 7.98. The third kappa shape index (κ3) is 1.45. The fourth-order valence-electron chi connectivity index (χ4n) is 3.94. The number of hydrogen-bond acceptors (Lipinski definition) is 3. The van der Waals surface area contributed by atoms with Crippen molar-refractivity contribution < 1.29 is 9.47 Å². The van der Waals surface area contributed by atoms with E-state index in [9.17, 15) is 0 Å². The van der Waals surface area contributed by atoms with E-state index in [4.69, 9.17) is 9.47 Å². The second kappa shape index (κ2) is 4.06. The van der Waals surface area contributed by atoms with Crippen LogP contribution in [0.2, 0.25) is 0 Å². The Hall–Kier alpha value is -0.410. The molecular formula is C14H20O2S. The smallest absolute Gasteiger partial charge is 0.0991 e. The molecule has 0 radical (unpaired) electrons. The van der Waals surface area contributed by atoms with Crippen molar-refractivity contribution in [1.82, 2.24) is 0 Å². The van der Waals surface area contributed by atoms with Crippen molar-refractivity contribution in [2.24, 2.45) is 23.7 Å². The Kier molecular flexibility index (Phi) is 2.79. The Morgan fingerprint density at radius 1 is 1.47 bits per heavy atom. The number of allylic oxidation sites excluding steroid dienone is 2. The molecule has 3 heteroatoms. The minimum absolute atomic E-state index is 0.0780. The van der Waals surface area contributed by atoms with Crippen molar-refractivity contribution in [3.63, 3.8) is 0 Å². The molecule has 0 unspecified atom stereocenters. The second-order valence-corrected chi connectivity index (χ2v) is 6.14. The van der Waals surface area contributed by atoms with E-state index in [0.717, 1.165) is 11.5 Å². The highest BCUT2D eigenvalue weighted by Gasteiger charge is 2.69. The van der Waals surface area contributed by atoms with Gasteiger partial charge in [-0.1, -0.05) is 12.2 Å². The second-order valence-electron chi connectivity index (χ2n) is 5.27. The van der Waals surface area contributed by atoms with E-state index >= 15 is 0 Å². The van der Waals surface area contributed by atoms with Gasteiger partial charge in [0, 0.05) is 30.6 Å². The predicted octanol–water partition coefficient (Wildman–Crippen LogP) is 2.72. The Labute approximate surface area is 107 Å². The fraction of sp³-hybridized carbons (Fsp3) is 0.714. The van der Waals surface area contributed by atoms with Crippen LogP contribution in [0.5, 0.6) is 0 Å². The van der Waals surface area contributed by atoms with Crippen molar-refractivity contribution in [3.05, 3.63) is 24.0 Å². The molecule has 0 saturated heterocycles. The number of methoxy groups -OCH3 is 2. The Morgan fingerprint density at radius 3 is 2.94 bits per heavy atom. The number of fused-ring (bicyclic) bond motifs is 3. The summed E-state index contributed by atoms with van der Waals surface area (Å²) >= 11 is 1.89. The topological polar surface area (TPSA) is 18.5 Å². The van der Waals surface area contributed by atoms with E-state index in [1.54, 1.807) is 7.11 Å². The predicted molar refractivity (Wildman–Crippen MR) is 70.9 cm³/mol. The Bertz CT molecular complexity index is 376. The molecule has 3 aliphatic rings. The molecule has 0 bridgehead atoms. The van der Waals surface area contributed by atoms with E-state index in [-0.39, 0.29) is 5.60 Å². The average molecular weight is 252 g/mol. The first-order valence-electron chi connectivity index (χ1n) is 6.25. The molecule has 0 N–H and O–H groups in total. The van der Waals surface area contributed by atoms with Gasteiger partial charge in [-0.15, -0.1) is 0 Å². The first kappa shape index (κ1) is 11.7. The first-order chi connectivity index (χ1) is 8.28. The van der Waals surface area contributed by atoms with Crippen LogP contribution in [0.3, 0.4) is 0 Å². The standard InChI is InChI=1S/C14H20O2S/c1-15-12-7-11-13(10-6-4-5-9(10)12)14(11,16-2)8-17-3/h4-5,7,9-11,13H,6,8H2,1-3H3/t9-,10+,11+,13-,14+/m0/s1. The van der Waals surface area contributed by atoms with Crippen molar-refractivity contribution in [2.45, 2.75) is 12.0 Å². The van der Waals surface area contributed by atoms with E-state index in [1.165, 1.54) is 6.42 Å². The van der Waals surface area contributed by atoms with E-state index in [1.807, 2.05) is 18.9 Å². The summed E-state index contributed by atoms with van der Waals surface area (Å²) in [5, 5.41) is 0. The van der Waals surface area contributed by atoms with Crippen LogP contribution < -0.4 is 0 Å². The van der Waals surface area contributed by atoms with Crippen molar-refractivity contribution >= 4 is 11.8 Å². The van der Waals surface area contributed by atoms with Gasteiger partial charge in [0.1, 0.15) is 0 Å². The summed E-state index contributed by atoms with van der Waals surface area (Å²) in [7, 11) is 3.66. The molecule has 94 valence electrons.